The molecule has 0 aliphatic carbocycles. The maximum Gasteiger partial charge on any atom is 0.244 e. The molecule has 0 unspecified atom stereocenters. The predicted octanol–water partition coefficient (Wildman–Crippen LogP) is 3.95. The zero-order valence-electron chi connectivity index (χ0n) is 11.9. The molecule has 2 atom stereocenters. The summed E-state index contributed by atoms with van der Waals surface area (Å²) in [7, 11) is 0. The average molecular weight is 376 g/mol. The topological polar surface area (TPSA) is 55.6 Å². The first-order chi connectivity index (χ1) is 10.7. The highest BCUT2D eigenvalue weighted by Crippen LogP contribution is 2.40. The van der Waals surface area contributed by atoms with Crippen LogP contribution in [-0.2, 0) is 0 Å². The van der Waals surface area contributed by atoms with Crippen LogP contribution in [0.2, 0.25) is 0 Å². The molecule has 2 aromatic heterocycles. The maximum atomic E-state index is 4.18. The number of fused-ring (bicyclic) bond motifs is 1. The molecule has 0 radical (unpaired) electrons. The first-order valence-corrected chi connectivity index (χ1v) is 8.68. The molecule has 112 valence electrons. The van der Waals surface area contributed by atoms with Gasteiger partial charge in [0.25, 0.3) is 0 Å². The van der Waals surface area contributed by atoms with Gasteiger partial charge in [0.2, 0.25) is 5.95 Å². The third-order valence-electron chi connectivity index (χ3n) is 4.04. The first-order valence-electron chi connectivity index (χ1n) is 7.07. The standard InChI is InChI=1S/C15H14BrN5S/c1-9-4-2-3-5-10(9)12-8-11(13-6-7-14(16)22-13)17-15-18-19-20-21(12)15/h2-7,11-12H,8H2,1H3,(H,17,18,20)/t11-,12-/m0/s1. The van der Waals surface area contributed by atoms with Crippen LogP contribution in [0, 0.1) is 6.92 Å². The van der Waals surface area contributed by atoms with Crippen molar-refractivity contribution < 1.29 is 0 Å². The lowest BCUT2D eigenvalue weighted by Gasteiger charge is -2.31. The van der Waals surface area contributed by atoms with Crippen molar-refractivity contribution in [3.63, 3.8) is 0 Å². The average Bonchev–Trinajstić information content (AvgIpc) is 3.15. The van der Waals surface area contributed by atoms with Crippen molar-refractivity contribution in [3.8, 4) is 0 Å². The molecule has 0 bridgehead atoms. The smallest absolute Gasteiger partial charge is 0.244 e. The zero-order valence-corrected chi connectivity index (χ0v) is 14.3. The number of anilines is 1. The molecule has 4 rings (SSSR count). The Morgan fingerprint density at radius 3 is 2.91 bits per heavy atom. The number of benzene rings is 1. The third-order valence-corrected chi connectivity index (χ3v) is 5.77. The van der Waals surface area contributed by atoms with Gasteiger partial charge in [-0.15, -0.1) is 11.3 Å². The number of tetrazole rings is 1. The van der Waals surface area contributed by atoms with Crippen LogP contribution in [0.25, 0.3) is 0 Å². The van der Waals surface area contributed by atoms with Crippen molar-refractivity contribution >= 4 is 33.2 Å². The van der Waals surface area contributed by atoms with E-state index < -0.39 is 0 Å². The molecule has 1 aliphatic heterocycles. The van der Waals surface area contributed by atoms with Gasteiger partial charge in [0.15, 0.2) is 0 Å². The lowest BCUT2D eigenvalue weighted by molar-refractivity contribution is 0.425. The molecule has 22 heavy (non-hydrogen) atoms. The number of rotatable bonds is 2. The van der Waals surface area contributed by atoms with Crippen LogP contribution < -0.4 is 5.32 Å². The summed E-state index contributed by atoms with van der Waals surface area (Å²) in [5, 5.41) is 15.6. The van der Waals surface area contributed by atoms with Crippen LogP contribution in [0.15, 0.2) is 40.2 Å². The molecule has 5 nitrogen and oxygen atoms in total. The van der Waals surface area contributed by atoms with Gasteiger partial charge in [-0.05, 0) is 63.0 Å². The number of hydrogen-bond acceptors (Lipinski definition) is 5. The van der Waals surface area contributed by atoms with Gasteiger partial charge < -0.3 is 5.32 Å². The van der Waals surface area contributed by atoms with Gasteiger partial charge in [-0.1, -0.05) is 29.4 Å². The highest BCUT2D eigenvalue weighted by atomic mass is 79.9. The summed E-state index contributed by atoms with van der Waals surface area (Å²) in [5.74, 6) is 0.731. The van der Waals surface area contributed by atoms with Crippen molar-refractivity contribution in [1.82, 2.24) is 20.2 Å². The van der Waals surface area contributed by atoms with Crippen molar-refractivity contribution in [3.05, 3.63) is 56.2 Å². The SMILES string of the molecule is Cc1ccccc1[C@@H]1C[C@@H](c2ccc(Br)s2)Nc2nnnn21. The summed E-state index contributed by atoms with van der Waals surface area (Å²) in [6.45, 7) is 2.14. The summed E-state index contributed by atoms with van der Waals surface area (Å²) >= 11 is 5.29. The summed E-state index contributed by atoms with van der Waals surface area (Å²) in [4.78, 5) is 1.29. The van der Waals surface area contributed by atoms with Crippen molar-refractivity contribution in [2.24, 2.45) is 0 Å². The normalized spacial score (nSPS) is 20.5. The van der Waals surface area contributed by atoms with Crippen molar-refractivity contribution in [2.75, 3.05) is 5.32 Å². The van der Waals surface area contributed by atoms with Crippen LogP contribution in [0.4, 0.5) is 5.95 Å². The second kappa shape index (κ2) is 5.48. The van der Waals surface area contributed by atoms with Crippen LogP contribution >= 0.6 is 27.3 Å². The number of nitrogens with zero attached hydrogens (tertiary/aromatic N) is 4. The second-order valence-electron chi connectivity index (χ2n) is 5.39. The second-order valence-corrected chi connectivity index (χ2v) is 7.89. The number of aryl methyl sites for hydroxylation is 1. The lowest BCUT2D eigenvalue weighted by atomic mass is 9.94. The van der Waals surface area contributed by atoms with E-state index in [4.69, 9.17) is 0 Å². The van der Waals surface area contributed by atoms with Gasteiger partial charge in [-0.3, -0.25) is 0 Å². The molecular weight excluding hydrogens is 362 g/mol. The van der Waals surface area contributed by atoms with E-state index in [-0.39, 0.29) is 12.1 Å². The van der Waals surface area contributed by atoms with E-state index in [9.17, 15) is 0 Å². The molecule has 0 saturated heterocycles. The quantitative estimate of drug-likeness (QED) is 0.736. The predicted molar refractivity (Wildman–Crippen MR) is 90.1 cm³/mol. The minimum absolute atomic E-state index is 0.151. The fraction of sp³-hybridized carbons (Fsp3) is 0.267. The summed E-state index contributed by atoms with van der Waals surface area (Å²) in [6, 6.07) is 13.1. The van der Waals surface area contributed by atoms with E-state index in [0.717, 1.165) is 16.2 Å². The van der Waals surface area contributed by atoms with Gasteiger partial charge in [0.05, 0.1) is 15.9 Å². The lowest BCUT2D eigenvalue weighted by Crippen LogP contribution is -2.28. The summed E-state index contributed by atoms with van der Waals surface area (Å²) < 4.78 is 3.03. The van der Waals surface area contributed by atoms with Gasteiger partial charge in [0, 0.05) is 4.88 Å². The van der Waals surface area contributed by atoms with E-state index in [2.05, 4.69) is 80.1 Å². The molecular formula is C15H14BrN5S. The minimum atomic E-state index is 0.151. The Morgan fingerprint density at radius 2 is 2.14 bits per heavy atom. The Balaban J connectivity index is 1.77. The van der Waals surface area contributed by atoms with E-state index >= 15 is 0 Å². The van der Waals surface area contributed by atoms with Crippen LogP contribution in [0.3, 0.4) is 0 Å². The van der Waals surface area contributed by atoms with Crippen LogP contribution in [0.5, 0.6) is 0 Å². The van der Waals surface area contributed by atoms with Crippen LogP contribution in [0.1, 0.15) is 34.5 Å². The largest absolute Gasteiger partial charge is 0.345 e. The van der Waals surface area contributed by atoms with Crippen molar-refractivity contribution in [2.45, 2.75) is 25.4 Å². The summed E-state index contributed by atoms with van der Waals surface area (Å²) in [5.41, 5.74) is 2.54. The third kappa shape index (κ3) is 2.34. The fourth-order valence-electron chi connectivity index (χ4n) is 2.96. The molecule has 0 spiro atoms. The van der Waals surface area contributed by atoms with Gasteiger partial charge in [0.1, 0.15) is 0 Å². The number of hydrogen-bond donors (Lipinski definition) is 1. The Morgan fingerprint density at radius 1 is 1.27 bits per heavy atom. The van der Waals surface area contributed by atoms with E-state index in [1.807, 2.05) is 4.68 Å². The number of aromatic nitrogens is 4. The molecule has 0 fully saturated rings. The van der Waals surface area contributed by atoms with Gasteiger partial charge >= 0.3 is 0 Å². The van der Waals surface area contributed by atoms with Crippen molar-refractivity contribution in [1.29, 1.82) is 0 Å². The van der Waals surface area contributed by atoms with E-state index in [1.54, 1.807) is 11.3 Å². The monoisotopic (exact) mass is 375 g/mol. The highest BCUT2D eigenvalue weighted by Gasteiger charge is 2.31. The number of halogens is 1. The maximum absolute atomic E-state index is 4.18. The molecule has 0 amide bonds. The Hall–Kier alpha value is -1.73. The first kappa shape index (κ1) is 13.9. The fourth-order valence-corrected chi connectivity index (χ4v) is 4.45. The summed E-state index contributed by atoms with van der Waals surface area (Å²) in [6.07, 6.45) is 0.926. The Kier molecular flexibility index (Phi) is 3.46. The van der Waals surface area contributed by atoms with E-state index in [0.29, 0.717) is 0 Å². The van der Waals surface area contributed by atoms with Gasteiger partial charge in [-0.25, -0.2) is 4.68 Å². The molecule has 3 aromatic rings. The number of nitrogens with one attached hydrogen (secondary N) is 1. The minimum Gasteiger partial charge on any atom is -0.345 e. The Bertz CT molecular complexity index is 812. The molecule has 1 N–H and O–H groups in total. The Labute approximate surface area is 140 Å². The highest BCUT2D eigenvalue weighted by molar-refractivity contribution is 9.11. The molecule has 1 aliphatic rings. The zero-order chi connectivity index (χ0) is 15.1. The molecule has 0 saturated carbocycles. The number of thiophene rings is 1. The molecule has 1 aromatic carbocycles. The molecule has 3 heterocycles. The van der Waals surface area contributed by atoms with E-state index in [1.165, 1.54) is 16.0 Å². The molecule has 7 heteroatoms. The van der Waals surface area contributed by atoms with Gasteiger partial charge in [-0.2, -0.15) is 0 Å². The van der Waals surface area contributed by atoms with Crippen LogP contribution in [-0.4, -0.2) is 20.2 Å².